The van der Waals surface area contributed by atoms with Crippen LogP contribution in [0.5, 0.6) is 0 Å². The van der Waals surface area contributed by atoms with Crippen molar-refractivity contribution < 1.29 is 0 Å². The molecule has 0 atom stereocenters. The molecule has 4 nitrogen and oxygen atoms in total. The molecule has 0 unspecified atom stereocenters. The Morgan fingerprint density at radius 3 is 2.60 bits per heavy atom. The summed E-state index contributed by atoms with van der Waals surface area (Å²) >= 11 is 0. The number of anilines is 1. The van der Waals surface area contributed by atoms with Crippen LogP contribution in [0.1, 0.15) is 5.56 Å². The van der Waals surface area contributed by atoms with E-state index in [9.17, 15) is 0 Å². The number of fused-ring (bicyclic) bond motifs is 1. The maximum atomic E-state index is 4.55. The summed E-state index contributed by atoms with van der Waals surface area (Å²) in [4.78, 5) is 11.1. The number of hydrogen-bond donors (Lipinski definition) is 0. The van der Waals surface area contributed by atoms with Crippen molar-refractivity contribution in [2.75, 3.05) is 19.0 Å². The second-order valence-electron chi connectivity index (χ2n) is 5.31. The molecule has 0 aliphatic heterocycles. The molecule has 0 bridgehead atoms. The summed E-state index contributed by atoms with van der Waals surface area (Å²) in [7, 11) is 6.09. The van der Waals surface area contributed by atoms with E-state index in [0.717, 1.165) is 22.3 Å². The number of nitrogens with zero attached hydrogens (tertiary/aromatic N) is 4. The first-order valence-corrected chi connectivity index (χ1v) is 6.61. The number of rotatable bonds is 2. The first-order valence-electron chi connectivity index (χ1n) is 6.61. The van der Waals surface area contributed by atoms with Crippen molar-refractivity contribution in [1.29, 1.82) is 0 Å². The van der Waals surface area contributed by atoms with E-state index in [4.69, 9.17) is 0 Å². The van der Waals surface area contributed by atoms with Gasteiger partial charge in [-0.05, 0) is 30.7 Å². The molecule has 0 radical (unpaired) electrons. The fraction of sp³-hybridized carbons (Fsp3) is 0.250. The highest BCUT2D eigenvalue weighted by Gasteiger charge is 2.07. The first-order chi connectivity index (χ1) is 9.56. The molecule has 0 aliphatic carbocycles. The second-order valence-corrected chi connectivity index (χ2v) is 5.31. The average Bonchev–Trinajstić information content (AvgIpc) is 2.79. The van der Waals surface area contributed by atoms with Gasteiger partial charge in [-0.2, -0.15) is 0 Å². The zero-order chi connectivity index (χ0) is 14.3. The van der Waals surface area contributed by atoms with Crippen LogP contribution in [0.3, 0.4) is 0 Å². The van der Waals surface area contributed by atoms with Crippen molar-refractivity contribution in [3.63, 3.8) is 0 Å². The Labute approximate surface area is 118 Å². The average molecular weight is 266 g/mol. The highest BCUT2D eigenvalue weighted by molar-refractivity contribution is 5.79. The molecule has 3 rings (SSSR count). The summed E-state index contributed by atoms with van der Waals surface area (Å²) in [5.74, 6) is 0. The quantitative estimate of drug-likeness (QED) is 0.715. The lowest BCUT2D eigenvalue weighted by molar-refractivity contribution is 0.945. The van der Waals surface area contributed by atoms with Crippen LogP contribution < -0.4 is 4.90 Å². The Balaban J connectivity index is 2.08. The van der Waals surface area contributed by atoms with Crippen LogP contribution in [0.2, 0.25) is 0 Å². The Morgan fingerprint density at radius 2 is 1.90 bits per heavy atom. The Morgan fingerprint density at radius 1 is 1.10 bits per heavy atom. The van der Waals surface area contributed by atoms with Gasteiger partial charge < -0.3 is 9.47 Å². The van der Waals surface area contributed by atoms with Crippen LogP contribution in [-0.2, 0) is 7.05 Å². The molecular weight excluding hydrogens is 248 g/mol. The third-order valence-corrected chi connectivity index (χ3v) is 3.59. The van der Waals surface area contributed by atoms with E-state index in [-0.39, 0.29) is 0 Å². The molecule has 4 heteroatoms. The summed E-state index contributed by atoms with van der Waals surface area (Å²) in [6, 6.07) is 8.46. The molecule has 20 heavy (non-hydrogen) atoms. The van der Waals surface area contributed by atoms with Gasteiger partial charge in [-0.15, -0.1) is 0 Å². The zero-order valence-corrected chi connectivity index (χ0v) is 12.3. The minimum Gasteiger partial charge on any atom is -0.377 e. The van der Waals surface area contributed by atoms with Gasteiger partial charge in [0.05, 0.1) is 29.3 Å². The SMILES string of the molecule is Cc1cc(-c2cc3ncn(C)c3cn2)ccc1N(C)C. The van der Waals surface area contributed by atoms with E-state index in [1.807, 2.05) is 30.2 Å². The van der Waals surface area contributed by atoms with Crippen molar-refractivity contribution in [2.24, 2.45) is 7.05 Å². The predicted molar refractivity (Wildman–Crippen MR) is 83.0 cm³/mol. The largest absolute Gasteiger partial charge is 0.377 e. The van der Waals surface area contributed by atoms with Gasteiger partial charge in [-0.1, -0.05) is 6.07 Å². The van der Waals surface area contributed by atoms with E-state index in [0.29, 0.717) is 0 Å². The molecule has 0 fully saturated rings. The lowest BCUT2D eigenvalue weighted by atomic mass is 10.1. The maximum absolute atomic E-state index is 4.55. The van der Waals surface area contributed by atoms with Gasteiger partial charge in [0.15, 0.2) is 0 Å². The van der Waals surface area contributed by atoms with Crippen LogP contribution in [0.25, 0.3) is 22.3 Å². The molecule has 0 aliphatic rings. The van der Waals surface area contributed by atoms with Crippen molar-refractivity contribution in [3.8, 4) is 11.3 Å². The molecule has 0 N–H and O–H groups in total. The highest BCUT2D eigenvalue weighted by Crippen LogP contribution is 2.26. The van der Waals surface area contributed by atoms with Gasteiger partial charge in [0.2, 0.25) is 0 Å². The molecule has 3 aromatic rings. The van der Waals surface area contributed by atoms with Crippen LogP contribution in [0.15, 0.2) is 36.8 Å². The number of aryl methyl sites for hydroxylation is 2. The van der Waals surface area contributed by atoms with Gasteiger partial charge in [0, 0.05) is 32.4 Å². The topological polar surface area (TPSA) is 34.0 Å². The smallest absolute Gasteiger partial charge is 0.0956 e. The zero-order valence-electron chi connectivity index (χ0n) is 12.3. The summed E-state index contributed by atoms with van der Waals surface area (Å²) in [5.41, 5.74) is 6.59. The molecule has 2 heterocycles. The highest BCUT2D eigenvalue weighted by atomic mass is 15.1. The normalized spacial score (nSPS) is 11.0. The monoisotopic (exact) mass is 266 g/mol. The van der Waals surface area contributed by atoms with Gasteiger partial charge in [0.1, 0.15) is 0 Å². The molecule has 0 amide bonds. The standard InChI is InChI=1S/C16H18N4/c1-11-7-12(5-6-15(11)19(2)3)13-8-14-16(9-17-13)20(4)10-18-14/h5-10H,1-4H3. The minimum absolute atomic E-state index is 0.963. The van der Waals surface area contributed by atoms with Crippen molar-refractivity contribution in [3.05, 3.63) is 42.4 Å². The Kier molecular flexibility index (Phi) is 2.93. The van der Waals surface area contributed by atoms with Crippen LogP contribution in [0, 0.1) is 6.92 Å². The minimum atomic E-state index is 0.963. The van der Waals surface area contributed by atoms with E-state index >= 15 is 0 Å². The number of hydrogen-bond acceptors (Lipinski definition) is 3. The van der Waals surface area contributed by atoms with Gasteiger partial charge >= 0.3 is 0 Å². The van der Waals surface area contributed by atoms with Gasteiger partial charge in [-0.3, -0.25) is 4.98 Å². The summed E-state index contributed by atoms with van der Waals surface area (Å²) in [5, 5.41) is 0. The number of aromatic nitrogens is 3. The second kappa shape index (κ2) is 4.63. The third kappa shape index (κ3) is 2.03. The molecular formula is C16H18N4. The van der Waals surface area contributed by atoms with Crippen LogP contribution in [0.4, 0.5) is 5.69 Å². The molecule has 102 valence electrons. The Hall–Kier alpha value is -2.36. The van der Waals surface area contributed by atoms with E-state index < -0.39 is 0 Å². The molecule has 0 spiro atoms. The van der Waals surface area contributed by atoms with E-state index in [1.54, 1.807) is 0 Å². The maximum Gasteiger partial charge on any atom is 0.0956 e. The summed E-state index contributed by atoms with van der Waals surface area (Å²) in [6.45, 7) is 2.12. The third-order valence-electron chi connectivity index (χ3n) is 3.59. The van der Waals surface area contributed by atoms with E-state index in [2.05, 4.69) is 54.1 Å². The fourth-order valence-corrected chi connectivity index (χ4v) is 2.50. The van der Waals surface area contributed by atoms with E-state index in [1.165, 1.54) is 11.3 Å². The van der Waals surface area contributed by atoms with Gasteiger partial charge in [-0.25, -0.2) is 4.98 Å². The van der Waals surface area contributed by atoms with Gasteiger partial charge in [0.25, 0.3) is 0 Å². The van der Waals surface area contributed by atoms with Crippen molar-refractivity contribution in [2.45, 2.75) is 6.92 Å². The number of imidazole rings is 1. The van der Waals surface area contributed by atoms with Crippen LogP contribution in [-0.4, -0.2) is 28.6 Å². The fourth-order valence-electron chi connectivity index (χ4n) is 2.50. The molecule has 2 aromatic heterocycles. The predicted octanol–water partition coefficient (Wildman–Crippen LogP) is 3.01. The Bertz CT molecular complexity index is 771. The summed E-state index contributed by atoms with van der Waals surface area (Å²) in [6.07, 6.45) is 3.70. The lowest BCUT2D eigenvalue weighted by Crippen LogP contribution is -2.10. The van der Waals surface area contributed by atoms with Crippen LogP contribution >= 0.6 is 0 Å². The molecule has 0 saturated heterocycles. The first kappa shape index (κ1) is 12.7. The number of pyridine rings is 1. The number of benzene rings is 1. The lowest BCUT2D eigenvalue weighted by Gasteiger charge is -2.16. The van der Waals surface area contributed by atoms with Crippen molar-refractivity contribution in [1.82, 2.24) is 14.5 Å². The van der Waals surface area contributed by atoms with Crippen molar-refractivity contribution >= 4 is 16.7 Å². The molecule has 1 aromatic carbocycles. The molecule has 0 saturated carbocycles. The summed E-state index contributed by atoms with van der Waals surface area (Å²) < 4.78 is 1.98.